The van der Waals surface area contributed by atoms with Crippen LogP contribution in [0.3, 0.4) is 0 Å². The molecule has 0 aliphatic rings. The zero-order chi connectivity index (χ0) is 14.7. The molecule has 0 unspecified atom stereocenters. The van der Waals surface area contributed by atoms with E-state index in [0.717, 1.165) is 15.6 Å². The number of thiophene rings is 1. The van der Waals surface area contributed by atoms with E-state index >= 15 is 0 Å². The van der Waals surface area contributed by atoms with Crippen LogP contribution in [0.15, 0.2) is 53.9 Å². The average molecular weight is 300 g/mol. The number of benzene rings is 2. The fourth-order valence-corrected chi connectivity index (χ4v) is 3.10. The van der Waals surface area contributed by atoms with Crippen LogP contribution in [0.5, 0.6) is 0 Å². The van der Waals surface area contributed by atoms with E-state index in [-0.39, 0.29) is 18.8 Å². The highest BCUT2D eigenvalue weighted by atomic mass is 32.1. The molecular formula is C17H13FO2S. The monoisotopic (exact) mass is 300 g/mol. The summed E-state index contributed by atoms with van der Waals surface area (Å²) in [5.74, 6) is -0.800. The first-order valence-electron chi connectivity index (χ1n) is 6.58. The highest BCUT2D eigenvalue weighted by Crippen LogP contribution is 2.26. The minimum atomic E-state index is -0.421. The number of rotatable bonds is 4. The van der Waals surface area contributed by atoms with Gasteiger partial charge in [0.2, 0.25) is 0 Å². The number of carbonyl (C=O) groups excluding carboxylic acids is 1. The summed E-state index contributed by atoms with van der Waals surface area (Å²) in [7, 11) is 0. The Hall–Kier alpha value is -2.20. The average Bonchev–Trinajstić information content (AvgIpc) is 2.91. The lowest BCUT2D eigenvalue weighted by molar-refractivity contribution is -0.144. The summed E-state index contributed by atoms with van der Waals surface area (Å²) in [6, 6.07) is 14.2. The molecule has 106 valence electrons. The fraction of sp³-hybridized carbons (Fsp3) is 0.118. The standard InChI is InChI=1S/C17H13FO2S/c18-15-7-3-1-5-12(15)9-17(19)20-10-13-11-21-16-8-4-2-6-14(13)16/h1-8,11H,9-10H2. The maximum Gasteiger partial charge on any atom is 0.310 e. The summed E-state index contributed by atoms with van der Waals surface area (Å²) in [6.45, 7) is 0.220. The number of hydrogen-bond donors (Lipinski definition) is 0. The largest absolute Gasteiger partial charge is 0.461 e. The van der Waals surface area contributed by atoms with Gasteiger partial charge in [-0.2, -0.15) is 0 Å². The van der Waals surface area contributed by atoms with E-state index in [1.54, 1.807) is 29.5 Å². The van der Waals surface area contributed by atoms with Crippen molar-refractivity contribution in [3.05, 3.63) is 70.9 Å². The van der Waals surface area contributed by atoms with Crippen LogP contribution in [0.25, 0.3) is 10.1 Å². The number of halogens is 1. The molecule has 2 aromatic carbocycles. The van der Waals surface area contributed by atoms with Gasteiger partial charge in [-0.1, -0.05) is 36.4 Å². The summed E-state index contributed by atoms with van der Waals surface area (Å²) in [6.07, 6.45) is -0.0469. The van der Waals surface area contributed by atoms with E-state index in [1.165, 1.54) is 6.07 Å². The Morgan fingerprint density at radius 1 is 1.05 bits per heavy atom. The maximum absolute atomic E-state index is 13.5. The third kappa shape index (κ3) is 3.11. The Bertz CT molecular complexity index is 779. The first-order valence-corrected chi connectivity index (χ1v) is 7.46. The van der Waals surface area contributed by atoms with Crippen LogP contribution in [0.2, 0.25) is 0 Å². The van der Waals surface area contributed by atoms with E-state index in [0.29, 0.717) is 5.56 Å². The zero-order valence-electron chi connectivity index (χ0n) is 11.2. The van der Waals surface area contributed by atoms with E-state index < -0.39 is 5.97 Å². The molecule has 2 nitrogen and oxygen atoms in total. The quantitative estimate of drug-likeness (QED) is 0.670. The molecule has 0 amide bonds. The van der Waals surface area contributed by atoms with Gasteiger partial charge in [0.1, 0.15) is 12.4 Å². The third-order valence-corrected chi connectivity index (χ3v) is 4.25. The molecule has 0 saturated carbocycles. The van der Waals surface area contributed by atoms with Crippen molar-refractivity contribution in [2.45, 2.75) is 13.0 Å². The minimum Gasteiger partial charge on any atom is -0.461 e. The van der Waals surface area contributed by atoms with E-state index in [4.69, 9.17) is 4.74 Å². The van der Waals surface area contributed by atoms with Crippen molar-refractivity contribution >= 4 is 27.4 Å². The van der Waals surface area contributed by atoms with Gasteiger partial charge in [0.05, 0.1) is 6.42 Å². The molecule has 0 spiro atoms. The predicted molar refractivity (Wildman–Crippen MR) is 81.7 cm³/mol. The summed E-state index contributed by atoms with van der Waals surface area (Å²) in [5.41, 5.74) is 1.34. The summed E-state index contributed by atoms with van der Waals surface area (Å²) < 4.78 is 19.9. The molecule has 4 heteroatoms. The Labute approximate surface area is 125 Å². The van der Waals surface area contributed by atoms with Crippen LogP contribution >= 0.6 is 11.3 Å². The summed E-state index contributed by atoms with van der Waals surface area (Å²) >= 11 is 1.62. The van der Waals surface area contributed by atoms with Crippen molar-refractivity contribution in [1.82, 2.24) is 0 Å². The second-order valence-electron chi connectivity index (χ2n) is 4.69. The van der Waals surface area contributed by atoms with Gasteiger partial charge in [-0.15, -0.1) is 11.3 Å². The topological polar surface area (TPSA) is 26.3 Å². The molecule has 1 heterocycles. The second-order valence-corrected chi connectivity index (χ2v) is 5.60. The molecule has 0 atom stereocenters. The van der Waals surface area contributed by atoms with E-state index in [1.807, 2.05) is 29.6 Å². The van der Waals surface area contributed by atoms with E-state index in [2.05, 4.69) is 0 Å². The Balaban J connectivity index is 1.65. The van der Waals surface area contributed by atoms with E-state index in [9.17, 15) is 9.18 Å². The predicted octanol–water partition coefficient (Wildman–Crippen LogP) is 4.33. The van der Waals surface area contributed by atoms with Gasteiger partial charge in [0.15, 0.2) is 0 Å². The van der Waals surface area contributed by atoms with Gasteiger partial charge in [0.25, 0.3) is 0 Å². The molecule has 0 fully saturated rings. The lowest BCUT2D eigenvalue weighted by atomic mass is 10.1. The molecule has 21 heavy (non-hydrogen) atoms. The second kappa shape index (κ2) is 6.06. The number of hydrogen-bond acceptors (Lipinski definition) is 3. The van der Waals surface area contributed by atoms with Gasteiger partial charge in [-0.3, -0.25) is 4.79 Å². The maximum atomic E-state index is 13.5. The van der Waals surface area contributed by atoms with Gasteiger partial charge >= 0.3 is 5.97 Å². The number of ether oxygens (including phenoxy) is 1. The summed E-state index contributed by atoms with van der Waals surface area (Å²) in [4.78, 5) is 11.8. The normalized spacial score (nSPS) is 10.7. The summed E-state index contributed by atoms with van der Waals surface area (Å²) in [5, 5.41) is 3.09. The van der Waals surface area contributed by atoms with Gasteiger partial charge in [-0.05, 0) is 28.5 Å². The molecule has 0 bridgehead atoms. The molecule has 1 aromatic heterocycles. The number of esters is 1. The van der Waals surface area contributed by atoms with Crippen LogP contribution in [0, 0.1) is 5.82 Å². The lowest BCUT2D eigenvalue weighted by Crippen LogP contribution is -2.09. The Morgan fingerprint density at radius 2 is 1.81 bits per heavy atom. The molecule has 0 saturated heterocycles. The third-order valence-electron chi connectivity index (χ3n) is 3.24. The molecular weight excluding hydrogens is 287 g/mol. The van der Waals surface area contributed by atoms with Crippen LogP contribution in [-0.2, 0) is 22.6 Å². The lowest BCUT2D eigenvalue weighted by Gasteiger charge is -2.05. The van der Waals surface area contributed by atoms with Gasteiger partial charge < -0.3 is 4.74 Å². The zero-order valence-corrected chi connectivity index (χ0v) is 12.0. The Kier molecular flexibility index (Phi) is 3.97. The van der Waals surface area contributed by atoms with Crippen molar-refractivity contribution < 1.29 is 13.9 Å². The Morgan fingerprint density at radius 3 is 2.67 bits per heavy atom. The molecule has 0 aliphatic carbocycles. The minimum absolute atomic E-state index is 0.0469. The van der Waals surface area contributed by atoms with Crippen LogP contribution in [0.1, 0.15) is 11.1 Å². The SMILES string of the molecule is O=C(Cc1ccccc1F)OCc1csc2ccccc12. The van der Waals surface area contributed by atoms with Crippen LogP contribution in [-0.4, -0.2) is 5.97 Å². The van der Waals surface area contributed by atoms with Crippen LogP contribution < -0.4 is 0 Å². The molecule has 0 radical (unpaired) electrons. The highest BCUT2D eigenvalue weighted by Gasteiger charge is 2.10. The first kappa shape index (κ1) is 13.8. The molecule has 3 rings (SSSR count). The first-order chi connectivity index (χ1) is 10.2. The van der Waals surface area contributed by atoms with Crippen LogP contribution in [0.4, 0.5) is 4.39 Å². The van der Waals surface area contributed by atoms with Gasteiger partial charge in [-0.25, -0.2) is 4.39 Å². The molecule has 3 aromatic rings. The molecule has 0 N–H and O–H groups in total. The molecule has 0 aliphatic heterocycles. The van der Waals surface area contributed by atoms with Crippen molar-refractivity contribution in [2.75, 3.05) is 0 Å². The number of fused-ring (bicyclic) bond motifs is 1. The smallest absolute Gasteiger partial charge is 0.310 e. The van der Waals surface area contributed by atoms with Crippen molar-refractivity contribution in [3.63, 3.8) is 0 Å². The van der Waals surface area contributed by atoms with Crippen molar-refractivity contribution in [1.29, 1.82) is 0 Å². The number of carbonyl (C=O) groups is 1. The highest BCUT2D eigenvalue weighted by molar-refractivity contribution is 7.17. The fourth-order valence-electron chi connectivity index (χ4n) is 2.15. The van der Waals surface area contributed by atoms with Crippen molar-refractivity contribution in [2.24, 2.45) is 0 Å². The van der Waals surface area contributed by atoms with Gasteiger partial charge in [0, 0.05) is 10.3 Å². The van der Waals surface area contributed by atoms with Crippen molar-refractivity contribution in [3.8, 4) is 0 Å².